The number of anilines is 1. The molecule has 1 amide bonds. The number of carbonyl (C=O) groups excluding carboxylic acids is 1. The second kappa shape index (κ2) is 6.70. The van der Waals surface area contributed by atoms with Crippen molar-refractivity contribution in [3.05, 3.63) is 47.5 Å². The van der Waals surface area contributed by atoms with Crippen molar-refractivity contribution in [3.63, 3.8) is 0 Å². The molecule has 3 rings (SSSR count). The summed E-state index contributed by atoms with van der Waals surface area (Å²) in [6, 6.07) is 5.16. The van der Waals surface area contributed by atoms with E-state index in [1.54, 1.807) is 30.6 Å². The third kappa shape index (κ3) is 3.51. The van der Waals surface area contributed by atoms with Gasteiger partial charge in [0.05, 0.1) is 0 Å². The number of nitrogens with one attached hydrogen (secondary N) is 1. The Balaban J connectivity index is 1.55. The van der Waals surface area contributed by atoms with E-state index in [4.69, 9.17) is 11.6 Å². The molecule has 0 atom stereocenters. The van der Waals surface area contributed by atoms with Crippen LogP contribution < -0.4 is 10.2 Å². The van der Waals surface area contributed by atoms with Gasteiger partial charge < -0.3 is 10.2 Å². The summed E-state index contributed by atoms with van der Waals surface area (Å²) < 4.78 is 0. The summed E-state index contributed by atoms with van der Waals surface area (Å²) in [5.74, 6) is 0.556. The number of rotatable bonds is 3. The van der Waals surface area contributed by atoms with Gasteiger partial charge in [-0.25, -0.2) is 9.97 Å². The lowest BCUT2D eigenvalue weighted by Crippen LogP contribution is -2.45. The summed E-state index contributed by atoms with van der Waals surface area (Å²) in [6.07, 6.45) is 6.71. The third-order valence-corrected chi connectivity index (χ3v) is 3.85. The van der Waals surface area contributed by atoms with Crippen LogP contribution in [0, 0.1) is 0 Å². The first kappa shape index (κ1) is 14.7. The summed E-state index contributed by atoms with van der Waals surface area (Å²) in [6.45, 7) is 1.63. The van der Waals surface area contributed by atoms with Crippen molar-refractivity contribution in [1.82, 2.24) is 20.3 Å². The van der Waals surface area contributed by atoms with Crippen LogP contribution in [0.5, 0.6) is 0 Å². The van der Waals surface area contributed by atoms with Gasteiger partial charge in [-0.15, -0.1) is 0 Å². The summed E-state index contributed by atoms with van der Waals surface area (Å²) in [4.78, 5) is 26.8. The van der Waals surface area contributed by atoms with Crippen molar-refractivity contribution >= 4 is 23.5 Å². The highest BCUT2D eigenvalue weighted by molar-refractivity contribution is 6.30. The highest BCUT2D eigenvalue weighted by Gasteiger charge is 2.22. The number of amides is 1. The number of pyridine rings is 1. The maximum absolute atomic E-state index is 12.1. The van der Waals surface area contributed by atoms with E-state index in [-0.39, 0.29) is 11.9 Å². The van der Waals surface area contributed by atoms with Crippen LogP contribution in [0.15, 0.2) is 36.8 Å². The molecule has 0 unspecified atom stereocenters. The Morgan fingerprint density at radius 1 is 1.18 bits per heavy atom. The first-order valence-corrected chi connectivity index (χ1v) is 7.54. The minimum atomic E-state index is -0.183. The Morgan fingerprint density at radius 3 is 2.59 bits per heavy atom. The van der Waals surface area contributed by atoms with Crippen molar-refractivity contribution in [1.29, 1.82) is 0 Å². The molecule has 7 heteroatoms. The van der Waals surface area contributed by atoms with Crippen LogP contribution in [0.25, 0.3) is 0 Å². The minimum Gasteiger partial charge on any atom is -0.348 e. The molecule has 0 aromatic carbocycles. The van der Waals surface area contributed by atoms with E-state index in [2.05, 4.69) is 25.2 Å². The molecule has 6 nitrogen and oxygen atoms in total. The van der Waals surface area contributed by atoms with Gasteiger partial charge >= 0.3 is 0 Å². The molecular weight excluding hydrogens is 302 g/mol. The van der Waals surface area contributed by atoms with E-state index in [1.165, 1.54) is 6.20 Å². The third-order valence-electron chi connectivity index (χ3n) is 3.62. The zero-order chi connectivity index (χ0) is 15.4. The highest BCUT2D eigenvalue weighted by Crippen LogP contribution is 2.16. The van der Waals surface area contributed by atoms with Crippen LogP contribution >= 0.6 is 11.6 Å². The van der Waals surface area contributed by atoms with Crippen LogP contribution in [0.1, 0.15) is 23.3 Å². The Morgan fingerprint density at radius 2 is 1.91 bits per heavy atom. The monoisotopic (exact) mass is 317 g/mol. The van der Waals surface area contributed by atoms with Crippen molar-refractivity contribution in [2.45, 2.75) is 18.9 Å². The number of hydrogen-bond acceptors (Lipinski definition) is 5. The van der Waals surface area contributed by atoms with Crippen molar-refractivity contribution < 1.29 is 4.79 Å². The minimum absolute atomic E-state index is 0.133. The lowest BCUT2D eigenvalue weighted by molar-refractivity contribution is 0.0926. The van der Waals surface area contributed by atoms with Gasteiger partial charge in [-0.2, -0.15) is 0 Å². The zero-order valence-corrected chi connectivity index (χ0v) is 12.7. The van der Waals surface area contributed by atoms with E-state index in [1.807, 2.05) is 0 Å². The first-order valence-electron chi connectivity index (χ1n) is 7.17. The number of halogens is 1. The van der Waals surface area contributed by atoms with E-state index in [0.717, 1.165) is 31.9 Å². The molecule has 0 aliphatic carbocycles. The molecule has 1 aliphatic heterocycles. The van der Waals surface area contributed by atoms with Crippen LogP contribution in [0.4, 0.5) is 5.95 Å². The summed E-state index contributed by atoms with van der Waals surface area (Å²) in [5.41, 5.74) is 0.348. The quantitative estimate of drug-likeness (QED) is 0.936. The average molecular weight is 318 g/mol. The fourth-order valence-electron chi connectivity index (χ4n) is 2.47. The predicted octanol–water partition coefficient (Wildman–Crippen LogP) is 1.92. The van der Waals surface area contributed by atoms with Crippen LogP contribution in [-0.4, -0.2) is 40.0 Å². The second-order valence-corrected chi connectivity index (χ2v) is 5.58. The molecule has 0 saturated carbocycles. The molecule has 22 heavy (non-hydrogen) atoms. The number of aromatic nitrogens is 3. The van der Waals surface area contributed by atoms with E-state index < -0.39 is 0 Å². The number of hydrogen-bond donors (Lipinski definition) is 1. The van der Waals surface area contributed by atoms with Gasteiger partial charge in [0.15, 0.2) is 0 Å². The number of carbonyl (C=O) groups is 1. The zero-order valence-electron chi connectivity index (χ0n) is 11.9. The van der Waals surface area contributed by atoms with Crippen molar-refractivity contribution in [3.8, 4) is 0 Å². The molecule has 2 aromatic rings. The molecule has 114 valence electrons. The molecule has 0 spiro atoms. The van der Waals surface area contributed by atoms with Crippen molar-refractivity contribution in [2.24, 2.45) is 0 Å². The van der Waals surface area contributed by atoms with E-state index in [0.29, 0.717) is 10.7 Å². The van der Waals surface area contributed by atoms with Gasteiger partial charge in [-0.1, -0.05) is 11.6 Å². The molecule has 1 fully saturated rings. The Labute approximate surface area is 133 Å². The lowest BCUT2D eigenvalue weighted by Gasteiger charge is -2.32. The largest absolute Gasteiger partial charge is 0.348 e. The molecular formula is C15H16ClN5O. The van der Waals surface area contributed by atoms with E-state index in [9.17, 15) is 4.79 Å². The highest BCUT2D eigenvalue weighted by atomic mass is 35.5. The van der Waals surface area contributed by atoms with Crippen molar-refractivity contribution in [2.75, 3.05) is 18.0 Å². The van der Waals surface area contributed by atoms with Gasteiger partial charge in [0, 0.05) is 42.7 Å². The normalized spacial score (nSPS) is 15.6. The SMILES string of the molecule is O=C(NC1CCN(c2ncccn2)CC1)c1cc(Cl)ccn1. The predicted molar refractivity (Wildman–Crippen MR) is 84.0 cm³/mol. The van der Waals surface area contributed by atoms with Gasteiger partial charge in [0.1, 0.15) is 5.69 Å². The Hall–Kier alpha value is -2.21. The molecule has 1 N–H and O–H groups in total. The number of nitrogens with zero attached hydrogens (tertiary/aromatic N) is 4. The van der Waals surface area contributed by atoms with Gasteiger partial charge in [-0.3, -0.25) is 9.78 Å². The fourth-order valence-corrected chi connectivity index (χ4v) is 2.63. The average Bonchev–Trinajstić information content (AvgIpc) is 2.56. The molecule has 0 bridgehead atoms. The molecule has 1 saturated heterocycles. The van der Waals surface area contributed by atoms with Crippen LogP contribution in [0.2, 0.25) is 5.02 Å². The molecule has 0 radical (unpaired) electrons. The maximum Gasteiger partial charge on any atom is 0.270 e. The first-order chi connectivity index (χ1) is 10.7. The van der Waals surface area contributed by atoms with Gasteiger partial charge in [0.2, 0.25) is 5.95 Å². The van der Waals surface area contributed by atoms with E-state index >= 15 is 0 Å². The summed E-state index contributed by atoms with van der Waals surface area (Å²) >= 11 is 5.88. The summed E-state index contributed by atoms with van der Waals surface area (Å²) in [5, 5.41) is 3.52. The lowest BCUT2D eigenvalue weighted by atomic mass is 10.1. The van der Waals surface area contributed by atoms with Crippen LogP contribution in [-0.2, 0) is 0 Å². The fraction of sp³-hybridized carbons (Fsp3) is 0.333. The summed E-state index contributed by atoms with van der Waals surface area (Å²) in [7, 11) is 0. The molecule has 3 heterocycles. The molecule has 2 aromatic heterocycles. The Bertz CT molecular complexity index is 643. The van der Waals surface area contributed by atoms with Gasteiger partial charge in [0.25, 0.3) is 5.91 Å². The smallest absolute Gasteiger partial charge is 0.270 e. The second-order valence-electron chi connectivity index (χ2n) is 5.14. The van der Waals surface area contributed by atoms with Crippen LogP contribution in [0.3, 0.4) is 0 Å². The molecule has 1 aliphatic rings. The number of piperidine rings is 1. The standard InChI is InChI=1S/C15H16ClN5O/c16-11-2-7-17-13(10-11)14(22)20-12-3-8-21(9-4-12)15-18-5-1-6-19-15/h1-2,5-7,10,12H,3-4,8-9H2,(H,20,22). The Kier molecular flexibility index (Phi) is 4.48. The van der Waals surface area contributed by atoms with Gasteiger partial charge in [-0.05, 0) is 31.0 Å². The maximum atomic E-state index is 12.1. The topological polar surface area (TPSA) is 71.0 Å².